The number of likely N-dealkylation sites (N-methyl/N-ethyl adjacent to an activating group) is 1. The van der Waals surface area contributed by atoms with Crippen LogP contribution in [0.25, 0.3) is 11.1 Å². The zero-order valence-corrected chi connectivity index (χ0v) is 17.8. The summed E-state index contributed by atoms with van der Waals surface area (Å²) in [5, 5.41) is 7.95. The number of amides is 3. The number of hydrogen-bond acceptors (Lipinski definition) is 4. The van der Waals surface area contributed by atoms with Crippen molar-refractivity contribution in [2.24, 2.45) is 0 Å². The number of ether oxygens (including phenoxy) is 1. The average Bonchev–Trinajstić information content (AvgIpc) is 2.82. The Morgan fingerprint density at radius 3 is 2.22 bits per heavy atom. The number of benzene rings is 3. The van der Waals surface area contributed by atoms with Gasteiger partial charge in [-0.25, -0.2) is 0 Å². The predicted molar refractivity (Wildman–Crippen MR) is 123 cm³/mol. The van der Waals surface area contributed by atoms with Crippen LogP contribution in [0.3, 0.4) is 0 Å². The van der Waals surface area contributed by atoms with E-state index < -0.39 is 0 Å². The normalized spacial score (nSPS) is 10.2. The lowest BCUT2D eigenvalue weighted by atomic mass is 10.0. The maximum Gasteiger partial charge on any atom is 0.257 e. The first-order valence-corrected chi connectivity index (χ1v) is 10.3. The van der Waals surface area contributed by atoms with Crippen molar-refractivity contribution in [1.29, 1.82) is 0 Å². The van der Waals surface area contributed by atoms with E-state index in [0.717, 1.165) is 11.1 Å². The summed E-state index contributed by atoms with van der Waals surface area (Å²) in [6.45, 7) is 2.07. The molecule has 0 fully saturated rings. The van der Waals surface area contributed by atoms with Gasteiger partial charge in [-0.2, -0.15) is 0 Å². The van der Waals surface area contributed by atoms with E-state index >= 15 is 0 Å². The highest BCUT2D eigenvalue weighted by atomic mass is 16.5. The molecule has 0 heterocycles. The first kappa shape index (κ1) is 22.6. The van der Waals surface area contributed by atoms with Gasteiger partial charge in [-0.05, 0) is 42.3 Å². The third-order valence-corrected chi connectivity index (χ3v) is 4.53. The molecule has 7 nitrogen and oxygen atoms in total. The Kier molecular flexibility index (Phi) is 7.97. The van der Waals surface area contributed by atoms with Crippen LogP contribution >= 0.6 is 0 Å². The number of rotatable bonds is 9. The molecule has 3 amide bonds. The van der Waals surface area contributed by atoms with Crippen molar-refractivity contribution in [2.45, 2.75) is 6.92 Å². The summed E-state index contributed by atoms with van der Waals surface area (Å²) in [4.78, 5) is 36.1. The Hall–Kier alpha value is -4.13. The molecule has 3 N–H and O–H groups in total. The highest BCUT2D eigenvalue weighted by Crippen LogP contribution is 2.19. The summed E-state index contributed by atoms with van der Waals surface area (Å²) in [6, 6.07) is 23.8. The van der Waals surface area contributed by atoms with Gasteiger partial charge in [0.2, 0.25) is 5.91 Å². The van der Waals surface area contributed by atoms with Crippen LogP contribution in [-0.4, -0.2) is 37.4 Å². The number of hydrogen-bond donors (Lipinski definition) is 3. The van der Waals surface area contributed by atoms with Gasteiger partial charge in [0.1, 0.15) is 5.75 Å². The molecule has 0 bridgehead atoms. The van der Waals surface area contributed by atoms with E-state index in [1.807, 2.05) is 49.4 Å². The fourth-order valence-electron chi connectivity index (χ4n) is 2.97. The molecular weight excluding hydrogens is 406 g/mol. The van der Waals surface area contributed by atoms with E-state index in [0.29, 0.717) is 23.5 Å². The molecule has 7 heteroatoms. The second kappa shape index (κ2) is 11.3. The van der Waals surface area contributed by atoms with Gasteiger partial charge in [0.05, 0.1) is 6.54 Å². The standard InChI is InChI=1S/C25H25N3O4/c1-2-26-24(30)17-32-22-10-6-9-21(15-22)28-23(29)16-27-25(31)20-13-11-19(12-14-20)18-7-4-3-5-8-18/h3-15H,2,16-17H2,1H3,(H,26,30)(H,27,31)(H,28,29). The van der Waals surface area contributed by atoms with Gasteiger partial charge in [-0.15, -0.1) is 0 Å². The van der Waals surface area contributed by atoms with E-state index in [-0.39, 0.29) is 30.9 Å². The zero-order chi connectivity index (χ0) is 22.8. The monoisotopic (exact) mass is 431 g/mol. The van der Waals surface area contributed by atoms with Gasteiger partial charge >= 0.3 is 0 Å². The van der Waals surface area contributed by atoms with E-state index in [9.17, 15) is 14.4 Å². The van der Waals surface area contributed by atoms with Crippen LogP contribution in [0.15, 0.2) is 78.9 Å². The third-order valence-electron chi connectivity index (χ3n) is 4.53. The van der Waals surface area contributed by atoms with Crippen LogP contribution in [-0.2, 0) is 9.59 Å². The minimum Gasteiger partial charge on any atom is -0.484 e. The summed E-state index contributed by atoms with van der Waals surface area (Å²) in [7, 11) is 0. The number of carbonyl (C=O) groups excluding carboxylic acids is 3. The van der Waals surface area contributed by atoms with Crippen LogP contribution in [0, 0.1) is 0 Å². The highest BCUT2D eigenvalue weighted by molar-refractivity contribution is 5.99. The fraction of sp³-hybridized carbons (Fsp3) is 0.160. The lowest BCUT2D eigenvalue weighted by Gasteiger charge is -2.10. The van der Waals surface area contributed by atoms with Crippen LogP contribution in [0.2, 0.25) is 0 Å². The lowest BCUT2D eigenvalue weighted by molar-refractivity contribution is -0.123. The highest BCUT2D eigenvalue weighted by Gasteiger charge is 2.09. The fourth-order valence-corrected chi connectivity index (χ4v) is 2.97. The lowest BCUT2D eigenvalue weighted by Crippen LogP contribution is -2.32. The van der Waals surface area contributed by atoms with Crippen molar-refractivity contribution >= 4 is 23.4 Å². The Labute approximate surface area is 186 Å². The molecule has 0 unspecified atom stereocenters. The molecule has 0 aliphatic rings. The average molecular weight is 431 g/mol. The van der Waals surface area contributed by atoms with Crippen molar-refractivity contribution in [1.82, 2.24) is 10.6 Å². The molecule has 0 saturated heterocycles. The van der Waals surface area contributed by atoms with Gasteiger partial charge in [-0.3, -0.25) is 14.4 Å². The molecule has 0 aliphatic carbocycles. The number of anilines is 1. The molecule has 3 rings (SSSR count). The van der Waals surface area contributed by atoms with E-state index in [4.69, 9.17) is 4.74 Å². The van der Waals surface area contributed by atoms with Crippen LogP contribution < -0.4 is 20.7 Å². The summed E-state index contributed by atoms with van der Waals surface area (Å²) in [5.74, 6) is -0.475. The molecular formula is C25H25N3O4. The molecule has 0 saturated carbocycles. The van der Waals surface area contributed by atoms with Crippen molar-refractivity contribution in [3.05, 3.63) is 84.4 Å². The molecule has 0 aliphatic heterocycles. The third kappa shape index (κ3) is 6.70. The SMILES string of the molecule is CCNC(=O)COc1cccc(NC(=O)CNC(=O)c2ccc(-c3ccccc3)cc2)c1. The van der Waals surface area contributed by atoms with Crippen molar-refractivity contribution in [3.63, 3.8) is 0 Å². The molecule has 32 heavy (non-hydrogen) atoms. The maximum absolute atomic E-state index is 12.4. The summed E-state index contributed by atoms with van der Waals surface area (Å²) in [6.07, 6.45) is 0. The minimum absolute atomic E-state index is 0.107. The van der Waals surface area contributed by atoms with Crippen LogP contribution in [0.4, 0.5) is 5.69 Å². The Bertz CT molecular complexity index is 1070. The van der Waals surface area contributed by atoms with Gasteiger partial charge < -0.3 is 20.7 Å². The van der Waals surface area contributed by atoms with Gasteiger partial charge in [0.15, 0.2) is 6.61 Å². The van der Waals surface area contributed by atoms with Crippen molar-refractivity contribution in [3.8, 4) is 16.9 Å². The molecule has 0 atom stereocenters. The summed E-state index contributed by atoms with van der Waals surface area (Å²) < 4.78 is 5.41. The first-order chi connectivity index (χ1) is 15.5. The van der Waals surface area contributed by atoms with Crippen LogP contribution in [0.1, 0.15) is 17.3 Å². The van der Waals surface area contributed by atoms with E-state index in [2.05, 4.69) is 16.0 Å². The van der Waals surface area contributed by atoms with Gasteiger partial charge in [0.25, 0.3) is 11.8 Å². The van der Waals surface area contributed by atoms with Crippen molar-refractivity contribution < 1.29 is 19.1 Å². The second-order valence-corrected chi connectivity index (χ2v) is 6.94. The number of carbonyl (C=O) groups is 3. The van der Waals surface area contributed by atoms with E-state index in [1.165, 1.54) is 0 Å². The Balaban J connectivity index is 1.49. The number of nitrogens with one attached hydrogen (secondary N) is 3. The minimum atomic E-state index is -0.375. The second-order valence-electron chi connectivity index (χ2n) is 6.94. The molecule has 0 radical (unpaired) electrons. The maximum atomic E-state index is 12.4. The molecule has 164 valence electrons. The summed E-state index contributed by atoms with van der Waals surface area (Å²) >= 11 is 0. The quantitative estimate of drug-likeness (QED) is 0.485. The molecule has 3 aromatic carbocycles. The Morgan fingerprint density at radius 1 is 0.781 bits per heavy atom. The molecule has 0 aromatic heterocycles. The van der Waals surface area contributed by atoms with E-state index in [1.54, 1.807) is 36.4 Å². The van der Waals surface area contributed by atoms with Gasteiger partial charge in [-0.1, -0.05) is 48.5 Å². The first-order valence-electron chi connectivity index (χ1n) is 10.3. The Morgan fingerprint density at radius 2 is 1.50 bits per heavy atom. The zero-order valence-electron chi connectivity index (χ0n) is 17.8. The summed E-state index contributed by atoms with van der Waals surface area (Å²) in [5.41, 5.74) is 3.05. The smallest absolute Gasteiger partial charge is 0.257 e. The predicted octanol–water partition coefficient (Wildman–Crippen LogP) is 3.24. The van der Waals surface area contributed by atoms with Crippen molar-refractivity contribution in [2.75, 3.05) is 25.0 Å². The van der Waals surface area contributed by atoms with Crippen LogP contribution in [0.5, 0.6) is 5.75 Å². The topological polar surface area (TPSA) is 96.5 Å². The van der Waals surface area contributed by atoms with Gasteiger partial charge in [0, 0.05) is 23.9 Å². The largest absolute Gasteiger partial charge is 0.484 e. The molecule has 0 spiro atoms. The molecule has 3 aromatic rings.